The number of nitrogen functional groups attached to an aromatic ring is 1. The second-order valence-corrected chi connectivity index (χ2v) is 5.90. The molecule has 0 radical (unpaired) electrons. The van der Waals surface area contributed by atoms with Gasteiger partial charge in [-0.15, -0.1) is 0 Å². The third-order valence-electron chi connectivity index (χ3n) is 4.03. The van der Waals surface area contributed by atoms with Gasteiger partial charge < -0.3 is 10.6 Å². The number of anilines is 2. The van der Waals surface area contributed by atoms with Gasteiger partial charge in [0.05, 0.1) is 5.52 Å². The highest BCUT2D eigenvalue weighted by Crippen LogP contribution is 2.34. The number of hydrogen-bond donors (Lipinski definition) is 1. The maximum Gasteiger partial charge on any atom is 0.0727 e. The largest absolute Gasteiger partial charge is 0.399 e. The van der Waals surface area contributed by atoms with Crippen molar-refractivity contribution in [2.75, 3.05) is 17.2 Å². The highest BCUT2D eigenvalue weighted by molar-refractivity contribution is 5.94. The number of aryl methyl sites for hydroxylation is 1. The number of fused-ring (bicyclic) bond motifs is 1. The van der Waals surface area contributed by atoms with Crippen molar-refractivity contribution < 1.29 is 0 Å². The Kier molecular flexibility index (Phi) is 2.85. The van der Waals surface area contributed by atoms with Crippen molar-refractivity contribution in [1.82, 2.24) is 4.98 Å². The normalized spacial score (nSPS) is 23.2. The minimum atomic E-state index is 0.585. The van der Waals surface area contributed by atoms with Crippen molar-refractivity contribution in [3.8, 4) is 0 Å². The van der Waals surface area contributed by atoms with Crippen LogP contribution in [0.3, 0.4) is 0 Å². The van der Waals surface area contributed by atoms with Crippen molar-refractivity contribution in [2.24, 2.45) is 5.92 Å². The number of rotatable bonds is 1. The number of nitrogens with zero attached hydrogens (tertiary/aromatic N) is 2. The zero-order valence-electron chi connectivity index (χ0n) is 11.9. The standard InChI is InChI=1S/C16H21N3/c1-10-6-12(3)19(9-10)16-7-11(2)18-15-5-4-13(17)8-14(15)16/h4-5,7-8,10,12H,6,9,17H2,1-3H3. The number of benzene rings is 1. The summed E-state index contributed by atoms with van der Waals surface area (Å²) in [5, 5.41) is 1.17. The summed E-state index contributed by atoms with van der Waals surface area (Å²) in [4.78, 5) is 7.11. The van der Waals surface area contributed by atoms with Crippen LogP contribution in [0.15, 0.2) is 24.3 Å². The lowest BCUT2D eigenvalue weighted by Gasteiger charge is -2.26. The van der Waals surface area contributed by atoms with Gasteiger partial charge in [-0.2, -0.15) is 0 Å². The fourth-order valence-corrected chi connectivity index (χ4v) is 3.23. The third kappa shape index (κ3) is 2.14. The first kappa shape index (κ1) is 12.3. The van der Waals surface area contributed by atoms with E-state index in [4.69, 9.17) is 5.73 Å². The van der Waals surface area contributed by atoms with Gasteiger partial charge in [0.15, 0.2) is 0 Å². The van der Waals surface area contributed by atoms with Crippen LogP contribution in [0.5, 0.6) is 0 Å². The van der Waals surface area contributed by atoms with E-state index in [0.717, 1.165) is 29.4 Å². The van der Waals surface area contributed by atoms with Crippen molar-refractivity contribution in [3.63, 3.8) is 0 Å². The Morgan fingerprint density at radius 1 is 1.26 bits per heavy atom. The first-order valence-corrected chi connectivity index (χ1v) is 6.98. The molecule has 2 unspecified atom stereocenters. The lowest BCUT2D eigenvalue weighted by molar-refractivity contribution is 0.625. The van der Waals surface area contributed by atoms with Crippen molar-refractivity contribution in [3.05, 3.63) is 30.0 Å². The van der Waals surface area contributed by atoms with Crippen LogP contribution in [-0.2, 0) is 0 Å². The molecule has 0 aliphatic carbocycles. The topological polar surface area (TPSA) is 42.1 Å². The second kappa shape index (κ2) is 4.41. The van der Waals surface area contributed by atoms with Gasteiger partial charge in [-0.05, 0) is 50.5 Å². The van der Waals surface area contributed by atoms with Gasteiger partial charge in [0.25, 0.3) is 0 Å². The van der Waals surface area contributed by atoms with Crippen LogP contribution in [-0.4, -0.2) is 17.6 Å². The summed E-state index contributed by atoms with van der Waals surface area (Å²) in [6.07, 6.45) is 1.26. The molecule has 2 heterocycles. The molecule has 2 N–H and O–H groups in total. The summed E-state index contributed by atoms with van der Waals surface area (Å²) in [7, 11) is 0. The molecular formula is C16H21N3. The zero-order valence-corrected chi connectivity index (χ0v) is 11.9. The molecule has 2 atom stereocenters. The van der Waals surface area contributed by atoms with Crippen molar-refractivity contribution >= 4 is 22.3 Å². The summed E-state index contributed by atoms with van der Waals surface area (Å²) >= 11 is 0. The molecule has 1 saturated heterocycles. The molecule has 0 saturated carbocycles. The number of pyridine rings is 1. The molecule has 1 fully saturated rings. The van der Waals surface area contributed by atoms with Gasteiger partial charge in [-0.25, -0.2) is 0 Å². The molecule has 100 valence electrons. The van der Waals surface area contributed by atoms with Crippen LogP contribution in [0.25, 0.3) is 10.9 Å². The molecule has 3 nitrogen and oxygen atoms in total. The van der Waals surface area contributed by atoms with Crippen molar-refractivity contribution in [1.29, 1.82) is 0 Å². The van der Waals surface area contributed by atoms with Crippen LogP contribution >= 0.6 is 0 Å². The molecule has 19 heavy (non-hydrogen) atoms. The van der Waals surface area contributed by atoms with Gasteiger partial charge in [-0.3, -0.25) is 4.98 Å². The van der Waals surface area contributed by atoms with Gasteiger partial charge in [0.2, 0.25) is 0 Å². The molecule has 1 aromatic carbocycles. The van der Waals surface area contributed by atoms with E-state index >= 15 is 0 Å². The number of nitrogens with two attached hydrogens (primary N) is 1. The number of hydrogen-bond acceptors (Lipinski definition) is 3. The highest BCUT2D eigenvalue weighted by Gasteiger charge is 2.27. The van der Waals surface area contributed by atoms with E-state index in [1.54, 1.807) is 0 Å². The minimum absolute atomic E-state index is 0.585. The van der Waals surface area contributed by atoms with Crippen molar-refractivity contribution in [2.45, 2.75) is 33.2 Å². The Morgan fingerprint density at radius 3 is 2.74 bits per heavy atom. The lowest BCUT2D eigenvalue weighted by atomic mass is 10.1. The van der Waals surface area contributed by atoms with Crippen LogP contribution in [0, 0.1) is 12.8 Å². The van der Waals surface area contributed by atoms with E-state index < -0.39 is 0 Å². The molecule has 1 aliphatic heterocycles. The summed E-state index contributed by atoms with van der Waals surface area (Å²) in [5.74, 6) is 0.750. The Labute approximate surface area is 114 Å². The molecule has 3 rings (SSSR count). The van der Waals surface area contributed by atoms with Gasteiger partial charge in [0, 0.05) is 35.0 Å². The summed E-state index contributed by atoms with van der Waals surface area (Å²) in [5.41, 5.74) is 10.1. The fraction of sp³-hybridized carbons (Fsp3) is 0.438. The third-order valence-corrected chi connectivity index (χ3v) is 4.03. The molecule has 3 heteroatoms. The molecule has 1 aromatic heterocycles. The smallest absolute Gasteiger partial charge is 0.0727 e. The molecular weight excluding hydrogens is 234 g/mol. The Hall–Kier alpha value is -1.77. The Balaban J connectivity index is 2.19. The SMILES string of the molecule is Cc1cc(N2CC(C)CC2C)c2cc(N)ccc2n1. The Morgan fingerprint density at radius 2 is 2.05 bits per heavy atom. The van der Waals surface area contributed by atoms with E-state index in [9.17, 15) is 0 Å². The maximum absolute atomic E-state index is 5.95. The first-order valence-electron chi connectivity index (χ1n) is 6.98. The van der Waals surface area contributed by atoms with Gasteiger partial charge >= 0.3 is 0 Å². The van der Waals surface area contributed by atoms with E-state index in [2.05, 4.69) is 36.7 Å². The summed E-state index contributed by atoms with van der Waals surface area (Å²) in [6, 6.07) is 8.77. The predicted molar refractivity (Wildman–Crippen MR) is 81.5 cm³/mol. The molecule has 1 aliphatic rings. The quantitative estimate of drug-likeness (QED) is 0.794. The van der Waals surface area contributed by atoms with E-state index in [1.165, 1.54) is 17.5 Å². The second-order valence-electron chi connectivity index (χ2n) is 5.90. The Bertz CT molecular complexity index is 621. The minimum Gasteiger partial charge on any atom is -0.399 e. The molecule has 0 amide bonds. The zero-order chi connectivity index (χ0) is 13.6. The summed E-state index contributed by atoms with van der Waals surface area (Å²) < 4.78 is 0. The molecule has 0 bridgehead atoms. The monoisotopic (exact) mass is 255 g/mol. The average molecular weight is 255 g/mol. The molecule has 0 spiro atoms. The first-order chi connectivity index (χ1) is 9.04. The van der Waals surface area contributed by atoms with E-state index in [-0.39, 0.29) is 0 Å². The molecule has 2 aromatic rings. The van der Waals surface area contributed by atoms with Gasteiger partial charge in [-0.1, -0.05) is 6.92 Å². The fourth-order valence-electron chi connectivity index (χ4n) is 3.23. The van der Waals surface area contributed by atoms with E-state index in [0.29, 0.717) is 6.04 Å². The van der Waals surface area contributed by atoms with Crippen LogP contribution in [0.1, 0.15) is 26.0 Å². The van der Waals surface area contributed by atoms with Crippen LogP contribution in [0.2, 0.25) is 0 Å². The lowest BCUT2D eigenvalue weighted by Crippen LogP contribution is -2.27. The highest BCUT2D eigenvalue weighted by atomic mass is 15.2. The van der Waals surface area contributed by atoms with Crippen LogP contribution < -0.4 is 10.6 Å². The van der Waals surface area contributed by atoms with Gasteiger partial charge in [0.1, 0.15) is 0 Å². The average Bonchev–Trinajstić information content (AvgIpc) is 2.68. The van der Waals surface area contributed by atoms with Crippen LogP contribution in [0.4, 0.5) is 11.4 Å². The predicted octanol–water partition coefficient (Wildman–Crippen LogP) is 3.36. The summed E-state index contributed by atoms with van der Waals surface area (Å²) in [6.45, 7) is 7.80. The maximum atomic E-state index is 5.95. The van der Waals surface area contributed by atoms with E-state index in [1.807, 2.05) is 18.2 Å². The number of aromatic nitrogens is 1.